The molecule has 1 N–H and O–H groups in total. The van der Waals surface area contributed by atoms with E-state index in [0.717, 1.165) is 5.92 Å². The van der Waals surface area contributed by atoms with E-state index in [2.05, 4.69) is 5.32 Å². The lowest BCUT2D eigenvalue weighted by Gasteiger charge is -2.28. The Morgan fingerprint density at radius 3 is 2.61 bits per heavy atom. The van der Waals surface area contributed by atoms with E-state index in [1.807, 2.05) is 13.0 Å². The highest BCUT2D eigenvalue weighted by molar-refractivity contribution is 5.98. The Bertz CT molecular complexity index is 794. The van der Waals surface area contributed by atoms with Crippen molar-refractivity contribution >= 4 is 18.0 Å². The van der Waals surface area contributed by atoms with E-state index in [4.69, 9.17) is 9.47 Å². The van der Waals surface area contributed by atoms with E-state index < -0.39 is 5.97 Å². The van der Waals surface area contributed by atoms with Gasteiger partial charge in [0.15, 0.2) is 6.61 Å². The van der Waals surface area contributed by atoms with Crippen molar-refractivity contribution in [2.45, 2.75) is 38.6 Å². The summed E-state index contributed by atoms with van der Waals surface area (Å²) in [5.74, 6) is 1.59. The lowest BCUT2D eigenvalue weighted by Crippen LogP contribution is -2.42. The molecule has 0 saturated heterocycles. The lowest BCUT2D eigenvalue weighted by molar-refractivity contribution is -0.144. The third-order valence-corrected chi connectivity index (χ3v) is 5.93. The summed E-state index contributed by atoms with van der Waals surface area (Å²) in [6.45, 7) is 1.64. The van der Waals surface area contributed by atoms with Crippen molar-refractivity contribution in [3.05, 3.63) is 35.4 Å². The highest BCUT2D eigenvalue weighted by atomic mass is 16.5. The van der Waals surface area contributed by atoms with Crippen molar-refractivity contribution in [1.29, 1.82) is 5.26 Å². The molecule has 0 spiro atoms. The molecule has 2 saturated carbocycles. The lowest BCUT2D eigenvalue weighted by atomic mass is 9.84. The van der Waals surface area contributed by atoms with Crippen LogP contribution in [0.3, 0.4) is 0 Å². The summed E-state index contributed by atoms with van der Waals surface area (Å²) in [4.78, 5) is 24.3. The summed E-state index contributed by atoms with van der Waals surface area (Å²) in [5.41, 5.74) is 0.516. The van der Waals surface area contributed by atoms with Crippen LogP contribution in [-0.2, 0) is 14.3 Å². The van der Waals surface area contributed by atoms with Gasteiger partial charge in [0.05, 0.1) is 7.11 Å². The number of nitriles is 1. The maximum atomic E-state index is 12.2. The summed E-state index contributed by atoms with van der Waals surface area (Å²) in [6, 6.07) is 8.83. The fourth-order valence-electron chi connectivity index (χ4n) is 4.52. The van der Waals surface area contributed by atoms with Crippen LogP contribution >= 0.6 is 0 Å². The van der Waals surface area contributed by atoms with Gasteiger partial charge in [-0.15, -0.1) is 0 Å². The highest BCUT2D eigenvalue weighted by Crippen LogP contribution is 2.49. The van der Waals surface area contributed by atoms with Gasteiger partial charge in [-0.3, -0.25) is 4.79 Å². The molecule has 2 fully saturated rings. The number of ether oxygens (including phenoxy) is 2. The van der Waals surface area contributed by atoms with Crippen molar-refractivity contribution in [2.75, 3.05) is 13.7 Å². The second kappa shape index (κ2) is 8.92. The normalized spacial score (nSPS) is 24.3. The Morgan fingerprint density at radius 1 is 1.29 bits per heavy atom. The minimum Gasteiger partial charge on any atom is -0.497 e. The van der Waals surface area contributed by atoms with Crippen molar-refractivity contribution in [1.82, 2.24) is 5.32 Å². The van der Waals surface area contributed by atoms with Crippen LogP contribution in [0, 0.1) is 29.1 Å². The minimum atomic E-state index is -0.805. The average Bonchev–Trinajstić information content (AvgIpc) is 3.34. The number of benzene rings is 1. The molecule has 2 aliphatic rings. The SMILES string of the molecule is COc1ccc(/C=C(\C#N)C(=O)OCC(=O)NC(C)C2CC3CCC2C3)cc1. The quantitative estimate of drug-likeness (QED) is 0.445. The molecule has 1 amide bonds. The fourth-order valence-corrected chi connectivity index (χ4v) is 4.52. The number of carbonyl (C=O) groups excluding carboxylic acids is 2. The smallest absolute Gasteiger partial charge is 0.349 e. The second-order valence-corrected chi connectivity index (χ2v) is 7.71. The molecule has 6 heteroatoms. The molecule has 28 heavy (non-hydrogen) atoms. The zero-order chi connectivity index (χ0) is 20.1. The maximum Gasteiger partial charge on any atom is 0.349 e. The van der Waals surface area contributed by atoms with Crippen LogP contribution in [0.1, 0.15) is 38.2 Å². The number of esters is 1. The summed E-state index contributed by atoms with van der Waals surface area (Å²) in [6.07, 6.45) is 6.46. The predicted octanol–water partition coefficient (Wildman–Crippen LogP) is 3.09. The van der Waals surface area contributed by atoms with Crippen LogP contribution in [0.4, 0.5) is 0 Å². The molecule has 3 rings (SSSR count). The largest absolute Gasteiger partial charge is 0.497 e. The van der Waals surface area contributed by atoms with Gasteiger partial charge in [0.25, 0.3) is 5.91 Å². The summed E-state index contributed by atoms with van der Waals surface area (Å²) in [7, 11) is 1.56. The van der Waals surface area contributed by atoms with Crippen molar-refractivity contribution < 1.29 is 19.1 Å². The number of carbonyl (C=O) groups is 2. The number of amides is 1. The van der Waals surface area contributed by atoms with E-state index >= 15 is 0 Å². The molecule has 0 heterocycles. The fraction of sp³-hybridized carbons (Fsp3) is 0.500. The topological polar surface area (TPSA) is 88.4 Å². The van der Waals surface area contributed by atoms with Crippen molar-refractivity contribution in [3.63, 3.8) is 0 Å². The molecule has 4 atom stereocenters. The number of fused-ring (bicyclic) bond motifs is 2. The molecular formula is C22H26N2O4. The first-order chi connectivity index (χ1) is 13.5. The van der Waals surface area contributed by atoms with E-state index in [1.165, 1.54) is 31.8 Å². The maximum absolute atomic E-state index is 12.2. The van der Waals surface area contributed by atoms with Crippen LogP contribution in [-0.4, -0.2) is 31.6 Å². The first-order valence-electron chi connectivity index (χ1n) is 9.72. The molecule has 4 unspecified atom stereocenters. The van der Waals surface area contributed by atoms with E-state index in [1.54, 1.807) is 31.4 Å². The predicted molar refractivity (Wildman–Crippen MR) is 104 cm³/mol. The molecule has 2 bridgehead atoms. The van der Waals surface area contributed by atoms with Gasteiger partial charge in [0, 0.05) is 6.04 Å². The Hall–Kier alpha value is -2.81. The Balaban J connectivity index is 1.49. The molecule has 0 aromatic heterocycles. The van der Waals surface area contributed by atoms with Gasteiger partial charge in [-0.05, 0) is 67.7 Å². The summed E-state index contributed by atoms with van der Waals surface area (Å²) < 4.78 is 10.1. The molecule has 148 valence electrons. The molecule has 2 aliphatic carbocycles. The monoisotopic (exact) mass is 382 g/mol. The minimum absolute atomic E-state index is 0.0757. The van der Waals surface area contributed by atoms with Gasteiger partial charge in [0.2, 0.25) is 0 Å². The van der Waals surface area contributed by atoms with E-state index in [9.17, 15) is 14.9 Å². The third kappa shape index (κ3) is 4.72. The first-order valence-corrected chi connectivity index (χ1v) is 9.72. The number of hydrogen-bond donors (Lipinski definition) is 1. The van der Waals surface area contributed by atoms with Crippen molar-refractivity contribution in [2.24, 2.45) is 17.8 Å². The van der Waals surface area contributed by atoms with Crippen LogP contribution in [0.5, 0.6) is 5.75 Å². The van der Waals surface area contributed by atoms with Gasteiger partial charge in [-0.1, -0.05) is 18.6 Å². The van der Waals surface area contributed by atoms with Gasteiger partial charge in [-0.2, -0.15) is 5.26 Å². The zero-order valence-corrected chi connectivity index (χ0v) is 16.3. The Labute approximate surface area is 165 Å². The first kappa shape index (κ1) is 19.9. The molecule has 1 aromatic rings. The van der Waals surface area contributed by atoms with Gasteiger partial charge in [0.1, 0.15) is 17.4 Å². The number of nitrogens with zero attached hydrogens (tertiary/aromatic N) is 1. The van der Waals surface area contributed by atoms with Crippen LogP contribution in [0.2, 0.25) is 0 Å². The molecule has 0 radical (unpaired) electrons. The highest BCUT2D eigenvalue weighted by Gasteiger charge is 2.42. The summed E-state index contributed by atoms with van der Waals surface area (Å²) >= 11 is 0. The Morgan fingerprint density at radius 2 is 2.04 bits per heavy atom. The molecule has 1 aromatic carbocycles. The van der Waals surface area contributed by atoms with Crippen molar-refractivity contribution in [3.8, 4) is 11.8 Å². The average molecular weight is 382 g/mol. The van der Waals surface area contributed by atoms with Crippen LogP contribution < -0.4 is 10.1 Å². The zero-order valence-electron chi connectivity index (χ0n) is 16.3. The van der Waals surface area contributed by atoms with Crippen LogP contribution in [0.15, 0.2) is 29.8 Å². The second-order valence-electron chi connectivity index (χ2n) is 7.71. The summed E-state index contributed by atoms with van der Waals surface area (Å²) in [5, 5.41) is 12.2. The molecule has 0 aliphatic heterocycles. The third-order valence-electron chi connectivity index (χ3n) is 5.93. The van der Waals surface area contributed by atoms with Crippen LogP contribution in [0.25, 0.3) is 6.08 Å². The van der Waals surface area contributed by atoms with Gasteiger partial charge in [-0.25, -0.2) is 4.79 Å². The standard InChI is InChI=1S/C22H26N2O4/c1-14(20-11-16-3-6-17(20)10-16)24-21(25)13-28-22(26)18(12-23)9-15-4-7-19(27-2)8-5-15/h4-5,7-9,14,16-17,20H,3,6,10-11,13H2,1-2H3,(H,24,25)/b18-9+. The molecular weight excluding hydrogens is 356 g/mol. The van der Waals surface area contributed by atoms with Gasteiger partial charge < -0.3 is 14.8 Å². The number of methoxy groups -OCH3 is 1. The van der Waals surface area contributed by atoms with E-state index in [-0.39, 0.29) is 24.1 Å². The van der Waals surface area contributed by atoms with E-state index in [0.29, 0.717) is 23.1 Å². The molecule has 6 nitrogen and oxygen atoms in total. The Kier molecular flexibility index (Phi) is 6.35. The number of rotatable bonds is 7. The number of nitrogens with one attached hydrogen (secondary N) is 1. The van der Waals surface area contributed by atoms with Gasteiger partial charge >= 0.3 is 5.97 Å². The number of hydrogen-bond acceptors (Lipinski definition) is 5.